The molecule has 0 saturated carbocycles. The fraction of sp³-hybridized carbons (Fsp3) is 0.538. The van der Waals surface area contributed by atoms with E-state index in [1.807, 2.05) is 18.2 Å². The molecule has 0 aliphatic carbocycles. The van der Waals surface area contributed by atoms with Gasteiger partial charge >= 0.3 is 0 Å². The highest BCUT2D eigenvalue weighted by molar-refractivity contribution is 5.14. The van der Waals surface area contributed by atoms with E-state index in [1.54, 1.807) is 0 Å². The summed E-state index contributed by atoms with van der Waals surface area (Å²) in [7, 11) is 0. The molecule has 0 bridgehead atoms. The Morgan fingerprint density at radius 2 is 2.06 bits per heavy atom. The van der Waals surface area contributed by atoms with Gasteiger partial charge in [-0.05, 0) is 12.0 Å². The number of likely N-dealkylation sites (tertiary alicyclic amines) is 1. The van der Waals surface area contributed by atoms with Crippen LogP contribution in [0.25, 0.3) is 0 Å². The third-order valence-electron chi connectivity index (χ3n) is 3.21. The highest BCUT2D eigenvalue weighted by atomic mass is 19.1. The Labute approximate surface area is 95.7 Å². The minimum Gasteiger partial charge on any atom is -0.396 e. The number of piperidine rings is 1. The molecule has 1 aromatic carbocycles. The zero-order valence-corrected chi connectivity index (χ0v) is 9.35. The summed E-state index contributed by atoms with van der Waals surface area (Å²) in [5.41, 5.74) is 1.25. The smallest absolute Gasteiger partial charge is 0.108 e. The van der Waals surface area contributed by atoms with Gasteiger partial charge in [0.1, 0.15) is 6.17 Å². The SMILES string of the molecule is OC[C@@H]1CN(Cc2ccccc2)CC[C@H]1F. The molecule has 88 valence electrons. The van der Waals surface area contributed by atoms with Crippen molar-refractivity contribution in [1.29, 1.82) is 0 Å². The van der Waals surface area contributed by atoms with Crippen LogP contribution in [0.4, 0.5) is 4.39 Å². The lowest BCUT2D eigenvalue weighted by atomic mass is 9.96. The highest BCUT2D eigenvalue weighted by Crippen LogP contribution is 2.21. The molecule has 1 aliphatic heterocycles. The third-order valence-corrected chi connectivity index (χ3v) is 3.21. The summed E-state index contributed by atoms with van der Waals surface area (Å²) in [5.74, 6) is -0.211. The van der Waals surface area contributed by atoms with Gasteiger partial charge in [-0.25, -0.2) is 4.39 Å². The van der Waals surface area contributed by atoms with Crippen LogP contribution in [0.3, 0.4) is 0 Å². The molecule has 3 heteroatoms. The molecule has 16 heavy (non-hydrogen) atoms. The topological polar surface area (TPSA) is 23.5 Å². The summed E-state index contributed by atoms with van der Waals surface area (Å²) in [6.45, 7) is 2.25. The van der Waals surface area contributed by atoms with E-state index in [4.69, 9.17) is 5.11 Å². The van der Waals surface area contributed by atoms with E-state index in [0.717, 1.165) is 13.1 Å². The zero-order valence-electron chi connectivity index (χ0n) is 9.35. The summed E-state index contributed by atoms with van der Waals surface area (Å²) >= 11 is 0. The normalized spacial score (nSPS) is 26.9. The Morgan fingerprint density at radius 3 is 2.75 bits per heavy atom. The van der Waals surface area contributed by atoms with Crippen LogP contribution in [0, 0.1) is 5.92 Å². The predicted molar refractivity (Wildman–Crippen MR) is 61.8 cm³/mol. The lowest BCUT2D eigenvalue weighted by Crippen LogP contribution is -2.42. The maximum Gasteiger partial charge on any atom is 0.108 e. The number of aliphatic hydroxyl groups is 1. The van der Waals surface area contributed by atoms with E-state index in [-0.39, 0.29) is 12.5 Å². The number of rotatable bonds is 3. The Hall–Kier alpha value is -0.930. The lowest BCUT2D eigenvalue weighted by molar-refractivity contribution is 0.0463. The van der Waals surface area contributed by atoms with Gasteiger partial charge in [-0.2, -0.15) is 0 Å². The average Bonchev–Trinajstić information content (AvgIpc) is 2.33. The molecule has 2 rings (SSSR count). The van der Waals surface area contributed by atoms with Crippen molar-refractivity contribution < 1.29 is 9.50 Å². The Morgan fingerprint density at radius 1 is 1.31 bits per heavy atom. The molecular weight excluding hydrogens is 205 g/mol. The van der Waals surface area contributed by atoms with Gasteiger partial charge in [-0.1, -0.05) is 30.3 Å². The molecule has 0 spiro atoms. The van der Waals surface area contributed by atoms with Crippen LogP contribution in [-0.4, -0.2) is 35.9 Å². The van der Waals surface area contributed by atoms with Gasteiger partial charge < -0.3 is 5.11 Å². The monoisotopic (exact) mass is 223 g/mol. The molecule has 0 aromatic heterocycles. The van der Waals surface area contributed by atoms with Crippen LogP contribution in [0.2, 0.25) is 0 Å². The summed E-state index contributed by atoms with van der Waals surface area (Å²) < 4.78 is 13.4. The Bertz CT molecular complexity index is 317. The molecule has 1 aromatic rings. The van der Waals surface area contributed by atoms with E-state index >= 15 is 0 Å². The van der Waals surface area contributed by atoms with Crippen LogP contribution in [-0.2, 0) is 6.54 Å². The summed E-state index contributed by atoms with van der Waals surface area (Å²) in [6, 6.07) is 10.2. The second-order valence-corrected chi connectivity index (χ2v) is 4.47. The number of nitrogens with zero attached hydrogens (tertiary/aromatic N) is 1. The van der Waals surface area contributed by atoms with Crippen molar-refractivity contribution >= 4 is 0 Å². The van der Waals surface area contributed by atoms with Crippen LogP contribution in [0.5, 0.6) is 0 Å². The van der Waals surface area contributed by atoms with Gasteiger partial charge in [0.2, 0.25) is 0 Å². The molecule has 2 atom stereocenters. The average molecular weight is 223 g/mol. The first kappa shape index (κ1) is 11.6. The van der Waals surface area contributed by atoms with E-state index in [2.05, 4.69) is 17.0 Å². The van der Waals surface area contributed by atoms with Crippen molar-refractivity contribution in [1.82, 2.24) is 4.90 Å². The Kier molecular flexibility index (Phi) is 3.91. The molecule has 0 radical (unpaired) electrons. The van der Waals surface area contributed by atoms with E-state index in [9.17, 15) is 4.39 Å². The summed E-state index contributed by atoms with van der Waals surface area (Å²) in [6.07, 6.45) is -0.296. The first-order chi connectivity index (χ1) is 7.79. The number of alkyl halides is 1. The second kappa shape index (κ2) is 5.41. The quantitative estimate of drug-likeness (QED) is 0.845. The molecule has 1 heterocycles. The largest absolute Gasteiger partial charge is 0.396 e. The lowest BCUT2D eigenvalue weighted by Gasteiger charge is -2.34. The Balaban J connectivity index is 1.92. The summed E-state index contributed by atoms with van der Waals surface area (Å²) in [4.78, 5) is 2.21. The van der Waals surface area contributed by atoms with Crippen LogP contribution < -0.4 is 0 Å². The first-order valence-electron chi connectivity index (χ1n) is 5.81. The standard InChI is InChI=1S/C13H18FNO/c14-13-6-7-15(9-12(13)10-16)8-11-4-2-1-3-5-11/h1-5,12-13,16H,6-10H2/t12-,13+/m0/s1. The zero-order chi connectivity index (χ0) is 11.4. The van der Waals surface area contributed by atoms with Crippen molar-refractivity contribution in [3.8, 4) is 0 Å². The van der Waals surface area contributed by atoms with Crippen LogP contribution >= 0.6 is 0 Å². The van der Waals surface area contributed by atoms with Crippen LogP contribution in [0.15, 0.2) is 30.3 Å². The van der Waals surface area contributed by atoms with Crippen molar-refractivity contribution in [3.05, 3.63) is 35.9 Å². The number of hydrogen-bond donors (Lipinski definition) is 1. The van der Waals surface area contributed by atoms with Gasteiger partial charge in [0, 0.05) is 32.2 Å². The molecule has 1 fully saturated rings. The van der Waals surface area contributed by atoms with E-state index < -0.39 is 6.17 Å². The second-order valence-electron chi connectivity index (χ2n) is 4.47. The molecule has 0 amide bonds. The maximum absolute atomic E-state index is 13.4. The molecule has 0 unspecified atom stereocenters. The van der Waals surface area contributed by atoms with Gasteiger partial charge in [0.15, 0.2) is 0 Å². The molecule has 1 N–H and O–H groups in total. The fourth-order valence-corrected chi connectivity index (χ4v) is 2.24. The van der Waals surface area contributed by atoms with Gasteiger partial charge in [-0.15, -0.1) is 0 Å². The van der Waals surface area contributed by atoms with Crippen LogP contribution in [0.1, 0.15) is 12.0 Å². The van der Waals surface area contributed by atoms with E-state index in [0.29, 0.717) is 13.0 Å². The highest BCUT2D eigenvalue weighted by Gasteiger charge is 2.28. The van der Waals surface area contributed by atoms with Crippen molar-refractivity contribution in [3.63, 3.8) is 0 Å². The van der Waals surface area contributed by atoms with Crippen molar-refractivity contribution in [2.45, 2.75) is 19.1 Å². The molecule has 1 saturated heterocycles. The third kappa shape index (κ3) is 2.80. The number of aliphatic hydroxyl groups excluding tert-OH is 1. The first-order valence-corrected chi connectivity index (χ1v) is 5.81. The molecule has 1 aliphatic rings. The van der Waals surface area contributed by atoms with E-state index in [1.165, 1.54) is 5.56 Å². The van der Waals surface area contributed by atoms with Gasteiger partial charge in [-0.3, -0.25) is 4.90 Å². The predicted octanol–water partition coefficient (Wildman–Crippen LogP) is 1.84. The number of halogens is 1. The van der Waals surface area contributed by atoms with Gasteiger partial charge in [0.05, 0.1) is 0 Å². The van der Waals surface area contributed by atoms with Crippen molar-refractivity contribution in [2.75, 3.05) is 19.7 Å². The molecule has 2 nitrogen and oxygen atoms in total. The minimum atomic E-state index is -0.836. The fourth-order valence-electron chi connectivity index (χ4n) is 2.24. The van der Waals surface area contributed by atoms with Gasteiger partial charge in [0.25, 0.3) is 0 Å². The van der Waals surface area contributed by atoms with Crippen molar-refractivity contribution in [2.24, 2.45) is 5.92 Å². The minimum absolute atomic E-state index is 0.0492. The summed E-state index contributed by atoms with van der Waals surface area (Å²) in [5, 5.41) is 9.08. The maximum atomic E-state index is 13.4. The molecular formula is C13H18FNO. The number of benzene rings is 1. The number of hydrogen-bond acceptors (Lipinski definition) is 2.